The lowest BCUT2D eigenvalue weighted by Crippen LogP contribution is -2.46. The average Bonchev–Trinajstić information content (AvgIpc) is 3.51. The normalized spacial score (nSPS) is 11.8. The van der Waals surface area contributed by atoms with Gasteiger partial charge in [-0.2, -0.15) is 4.73 Å². The third-order valence-corrected chi connectivity index (χ3v) is 7.35. The van der Waals surface area contributed by atoms with Gasteiger partial charge in [-0.3, -0.25) is 9.59 Å². The van der Waals surface area contributed by atoms with Crippen molar-refractivity contribution in [2.24, 2.45) is 0 Å². The topological polar surface area (TPSA) is 149 Å². The molecule has 0 saturated carbocycles. The maximum absolute atomic E-state index is 14.7. The van der Waals surface area contributed by atoms with Crippen molar-refractivity contribution in [2.45, 2.75) is 19.4 Å². The molecule has 13 heteroatoms. The molecular weight excluding hydrogens is 633 g/mol. The lowest BCUT2D eigenvalue weighted by molar-refractivity contribution is -0.118. The number of benzene rings is 3. The number of carbonyl (C=O) groups is 3. The molecule has 2 aromatic heterocycles. The molecule has 5 aromatic rings. The van der Waals surface area contributed by atoms with E-state index in [1.807, 2.05) is 0 Å². The number of carbonyl (C=O) groups excluding carboxylic acids is 2. The van der Waals surface area contributed by atoms with Crippen molar-refractivity contribution in [3.63, 3.8) is 0 Å². The third-order valence-electron chi connectivity index (χ3n) is 6.53. The molecule has 0 aliphatic heterocycles. The highest BCUT2D eigenvalue weighted by molar-refractivity contribution is 9.10. The van der Waals surface area contributed by atoms with Crippen LogP contribution < -0.4 is 10.6 Å². The van der Waals surface area contributed by atoms with Crippen LogP contribution in [0.5, 0.6) is 0 Å². The minimum Gasteiger partial charge on any atom is -0.477 e. The van der Waals surface area contributed by atoms with Gasteiger partial charge in [0.15, 0.2) is 17.3 Å². The first kappa shape index (κ1) is 28.8. The first-order valence-electron chi connectivity index (χ1n) is 12.5. The number of nitrogens with one attached hydrogen (secondary N) is 3. The summed E-state index contributed by atoms with van der Waals surface area (Å²) in [5, 5.41) is 25.9. The molecule has 0 bridgehead atoms. The maximum atomic E-state index is 14.7. The summed E-state index contributed by atoms with van der Waals surface area (Å²) >= 11 is 9.25. The predicted octanol–water partition coefficient (Wildman–Crippen LogP) is 5.81. The summed E-state index contributed by atoms with van der Waals surface area (Å²) in [6, 6.07) is 16.5. The van der Waals surface area contributed by atoms with Crippen molar-refractivity contribution in [1.29, 1.82) is 0 Å². The van der Waals surface area contributed by atoms with Gasteiger partial charge in [0.05, 0.1) is 16.3 Å². The predicted molar refractivity (Wildman–Crippen MR) is 158 cm³/mol. The fourth-order valence-electron chi connectivity index (χ4n) is 4.48. The van der Waals surface area contributed by atoms with Crippen molar-refractivity contribution in [1.82, 2.24) is 20.0 Å². The number of fused-ring (bicyclic) bond motifs is 1. The van der Waals surface area contributed by atoms with Crippen LogP contribution in [0.2, 0.25) is 5.02 Å². The van der Waals surface area contributed by atoms with E-state index in [0.717, 1.165) is 10.0 Å². The minimum absolute atomic E-state index is 0.00173. The summed E-state index contributed by atoms with van der Waals surface area (Å²) in [5.41, 5.74) is 1.39. The number of hydrogen-bond donors (Lipinski definition) is 5. The molecule has 42 heavy (non-hydrogen) atoms. The Morgan fingerprint density at radius 1 is 1.12 bits per heavy atom. The molecule has 0 unspecified atom stereocenters. The SMILES string of the molecule is Cc1nc(-c2cccc(Cl)c2F)n(O)c1C(=O)N[C@@H](Cc1ccc(Br)cc1)C(=O)Nc1ccc2[nH]c(C(=O)O)cc2c1. The summed E-state index contributed by atoms with van der Waals surface area (Å²) in [5.74, 6) is -3.54. The van der Waals surface area contributed by atoms with Crippen molar-refractivity contribution in [2.75, 3.05) is 5.32 Å². The van der Waals surface area contributed by atoms with Crippen LogP contribution in [0.15, 0.2) is 71.2 Å². The molecule has 3 aromatic carbocycles. The fraction of sp³-hybridized carbons (Fsp3) is 0.103. The number of halogens is 3. The Kier molecular flexibility index (Phi) is 8.01. The third kappa shape index (κ3) is 5.85. The van der Waals surface area contributed by atoms with Crippen molar-refractivity contribution in [3.05, 3.63) is 105 Å². The number of H-pyrrole nitrogens is 1. The quantitative estimate of drug-likeness (QED) is 0.133. The van der Waals surface area contributed by atoms with Crippen LogP contribution in [0.25, 0.3) is 22.3 Å². The Balaban J connectivity index is 1.43. The van der Waals surface area contributed by atoms with Crippen LogP contribution in [-0.2, 0) is 11.2 Å². The molecule has 214 valence electrons. The van der Waals surface area contributed by atoms with Crippen molar-refractivity contribution in [3.8, 4) is 11.4 Å². The van der Waals surface area contributed by atoms with E-state index in [1.165, 1.54) is 31.2 Å². The minimum atomic E-state index is -1.12. The monoisotopic (exact) mass is 653 g/mol. The molecule has 5 N–H and O–H groups in total. The second-order valence-electron chi connectivity index (χ2n) is 9.42. The molecule has 2 heterocycles. The van der Waals surface area contributed by atoms with E-state index in [-0.39, 0.29) is 39.9 Å². The standard InChI is InChI=1S/C29H22BrClFN5O5/c1-14-25(37(42)26(33-14)19-3-2-4-20(31)24(19)32)28(39)36-22(11-15-5-7-17(30)8-6-15)27(38)34-18-9-10-21-16(12-18)13-23(35-21)29(40)41/h2-10,12-13,22,35,42H,11H2,1H3,(H,34,38)(H,36,39)(H,40,41)/t22-/m0/s1. The Labute approximate surface area is 251 Å². The molecule has 10 nitrogen and oxygen atoms in total. The first-order chi connectivity index (χ1) is 20.0. The zero-order chi connectivity index (χ0) is 30.1. The average molecular weight is 655 g/mol. The molecule has 0 fully saturated rings. The fourth-order valence-corrected chi connectivity index (χ4v) is 4.92. The summed E-state index contributed by atoms with van der Waals surface area (Å²) < 4.78 is 16.0. The van der Waals surface area contributed by atoms with Gasteiger partial charge in [-0.05, 0) is 61.0 Å². The molecule has 0 aliphatic rings. The van der Waals surface area contributed by atoms with E-state index < -0.39 is 29.6 Å². The largest absolute Gasteiger partial charge is 0.477 e. The number of carboxylic acids is 1. The van der Waals surface area contributed by atoms with Gasteiger partial charge in [0, 0.05) is 27.5 Å². The molecule has 0 radical (unpaired) electrons. The summed E-state index contributed by atoms with van der Waals surface area (Å²) in [7, 11) is 0. The highest BCUT2D eigenvalue weighted by Crippen LogP contribution is 2.28. The number of aromatic amines is 1. The van der Waals surface area contributed by atoms with Crippen LogP contribution in [-0.4, -0.2) is 48.8 Å². The Morgan fingerprint density at radius 3 is 2.57 bits per heavy atom. The number of aromatic nitrogens is 3. The van der Waals surface area contributed by atoms with Crippen LogP contribution in [0, 0.1) is 12.7 Å². The number of rotatable bonds is 8. The van der Waals surface area contributed by atoms with Gasteiger partial charge < -0.3 is 25.9 Å². The van der Waals surface area contributed by atoms with Crippen LogP contribution in [0.1, 0.15) is 32.2 Å². The molecule has 0 aliphatic carbocycles. The zero-order valence-corrected chi connectivity index (χ0v) is 24.1. The van der Waals surface area contributed by atoms with E-state index in [2.05, 4.69) is 36.5 Å². The first-order valence-corrected chi connectivity index (χ1v) is 13.6. The van der Waals surface area contributed by atoms with Crippen molar-refractivity contribution < 1.29 is 29.1 Å². The summed E-state index contributed by atoms with van der Waals surface area (Å²) in [4.78, 5) is 45.2. The highest BCUT2D eigenvalue weighted by atomic mass is 79.9. The van der Waals surface area contributed by atoms with Gasteiger partial charge in [-0.25, -0.2) is 14.2 Å². The molecule has 0 saturated heterocycles. The van der Waals surface area contributed by atoms with Gasteiger partial charge in [0.2, 0.25) is 5.91 Å². The van der Waals surface area contributed by atoms with Gasteiger partial charge in [0.25, 0.3) is 5.91 Å². The van der Waals surface area contributed by atoms with E-state index in [1.54, 1.807) is 42.5 Å². The van der Waals surface area contributed by atoms with Gasteiger partial charge in [0.1, 0.15) is 11.7 Å². The zero-order valence-electron chi connectivity index (χ0n) is 21.8. The van der Waals surface area contributed by atoms with Gasteiger partial charge >= 0.3 is 5.97 Å². The van der Waals surface area contributed by atoms with Gasteiger partial charge in [-0.1, -0.05) is 45.7 Å². The number of anilines is 1. The van der Waals surface area contributed by atoms with E-state index in [0.29, 0.717) is 21.3 Å². The molecule has 1 atom stereocenters. The Hall–Kier alpha value is -4.68. The number of aromatic carboxylic acids is 1. The number of amides is 2. The van der Waals surface area contributed by atoms with Crippen LogP contribution in [0.3, 0.4) is 0 Å². The maximum Gasteiger partial charge on any atom is 0.352 e. The molecule has 2 amide bonds. The van der Waals surface area contributed by atoms with Gasteiger partial charge in [-0.15, -0.1) is 0 Å². The van der Waals surface area contributed by atoms with E-state index >= 15 is 0 Å². The van der Waals surface area contributed by atoms with E-state index in [9.17, 15) is 29.1 Å². The second-order valence-corrected chi connectivity index (χ2v) is 10.7. The van der Waals surface area contributed by atoms with Crippen LogP contribution in [0.4, 0.5) is 10.1 Å². The summed E-state index contributed by atoms with van der Waals surface area (Å²) in [6.45, 7) is 1.47. The number of hydrogen-bond acceptors (Lipinski definition) is 5. The Morgan fingerprint density at radius 2 is 1.86 bits per heavy atom. The lowest BCUT2D eigenvalue weighted by Gasteiger charge is -2.19. The Bertz CT molecular complexity index is 1850. The number of nitrogens with zero attached hydrogens (tertiary/aromatic N) is 2. The molecular formula is C29H22BrClFN5O5. The second kappa shape index (κ2) is 11.7. The van der Waals surface area contributed by atoms with Crippen LogP contribution >= 0.6 is 27.5 Å². The highest BCUT2D eigenvalue weighted by Gasteiger charge is 2.28. The molecule has 0 spiro atoms. The number of carboxylic acid groups (broad SMARTS) is 1. The van der Waals surface area contributed by atoms with Crippen molar-refractivity contribution >= 4 is 61.9 Å². The lowest BCUT2D eigenvalue weighted by atomic mass is 10.0. The van der Waals surface area contributed by atoms with E-state index in [4.69, 9.17) is 11.6 Å². The smallest absolute Gasteiger partial charge is 0.352 e. The molecule has 5 rings (SSSR count). The number of aryl methyl sites for hydroxylation is 1. The summed E-state index contributed by atoms with van der Waals surface area (Å²) in [6.07, 6.45) is 0.0921. The number of imidazole rings is 1.